The second-order valence-electron chi connectivity index (χ2n) is 3.50. The lowest BCUT2D eigenvalue weighted by atomic mass is 10.2. The number of hydrogen-bond donors (Lipinski definition) is 0. The van der Waals surface area contributed by atoms with Gasteiger partial charge in [0.2, 0.25) is 0 Å². The fraction of sp³-hybridized carbons (Fsp3) is 0.800. The largest absolute Gasteiger partial charge is 0.303 e. The molecule has 1 rings (SSSR count). The van der Waals surface area contributed by atoms with Gasteiger partial charge in [0.05, 0.1) is 0 Å². The van der Waals surface area contributed by atoms with Crippen molar-refractivity contribution in [1.82, 2.24) is 4.90 Å². The van der Waals surface area contributed by atoms with Crippen molar-refractivity contribution in [3.8, 4) is 12.3 Å². The first-order valence-corrected chi connectivity index (χ1v) is 4.48. The van der Waals surface area contributed by atoms with Crippen LogP contribution in [0.3, 0.4) is 0 Å². The summed E-state index contributed by atoms with van der Waals surface area (Å²) < 4.78 is 0. The van der Waals surface area contributed by atoms with Crippen LogP contribution in [0.1, 0.15) is 26.2 Å². The monoisotopic (exact) mass is 151 g/mol. The Morgan fingerprint density at radius 2 is 2.45 bits per heavy atom. The quantitative estimate of drug-likeness (QED) is 0.438. The predicted molar refractivity (Wildman–Crippen MR) is 48.3 cm³/mol. The van der Waals surface area contributed by atoms with E-state index in [1.165, 1.54) is 32.5 Å². The van der Waals surface area contributed by atoms with Gasteiger partial charge in [-0.15, -0.1) is 12.3 Å². The van der Waals surface area contributed by atoms with Gasteiger partial charge in [0.25, 0.3) is 0 Å². The SMILES string of the molecule is C#CCCCN1CCC(C)C1. The van der Waals surface area contributed by atoms with Gasteiger partial charge in [0.15, 0.2) is 0 Å². The normalized spacial score (nSPS) is 25.3. The third-order valence-corrected chi connectivity index (χ3v) is 2.30. The van der Waals surface area contributed by atoms with Gasteiger partial charge in [-0.1, -0.05) is 6.92 Å². The van der Waals surface area contributed by atoms with Crippen LogP contribution in [0.4, 0.5) is 0 Å². The molecule has 0 saturated carbocycles. The van der Waals surface area contributed by atoms with Crippen LogP contribution >= 0.6 is 0 Å². The Morgan fingerprint density at radius 3 is 3.00 bits per heavy atom. The number of hydrogen-bond acceptors (Lipinski definition) is 1. The molecule has 11 heavy (non-hydrogen) atoms. The molecule has 0 aromatic heterocycles. The first-order chi connectivity index (χ1) is 5.33. The van der Waals surface area contributed by atoms with E-state index in [1.807, 2.05) is 0 Å². The first kappa shape index (κ1) is 8.62. The molecular formula is C10H17N. The molecule has 1 heterocycles. The summed E-state index contributed by atoms with van der Waals surface area (Å²) in [4.78, 5) is 2.52. The number of likely N-dealkylation sites (tertiary alicyclic amines) is 1. The van der Waals surface area contributed by atoms with Crippen molar-refractivity contribution >= 4 is 0 Å². The smallest absolute Gasteiger partial charge is 0.00982 e. The summed E-state index contributed by atoms with van der Waals surface area (Å²) in [5.41, 5.74) is 0. The molecule has 1 aliphatic rings. The zero-order valence-corrected chi connectivity index (χ0v) is 7.34. The Hall–Kier alpha value is -0.480. The molecule has 1 saturated heterocycles. The third kappa shape index (κ3) is 2.95. The molecule has 1 heteroatoms. The van der Waals surface area contributed by atoms with Crippen LogP contribution in [0, 0.1) is 18.3 Å². The molecule has 0 N–H and O–H groups in total. The van der Waals surface area contributed by atoms with Crippen molar-refractivity contribution < 1.29 is 0 Å². The Kier molecular flexibility index (Phi) is 3.45. The van der Waals surface area contributed by atoms with Gasteiger partial charge in [0, 0.05) is 13.0 Å². The van der Waals surface area contributed by atoms with Crippen LogP contribution in [0.15, 0.2) is 0 Å². The highest BCUT2D eigenvalue weighted by atomic mass is 15.1. The highest BCUT2D eigenvalue weighted by Gasteiger charge is 2.16. The molecular weight excluding hydrogens is 134 g/mol. The molecule has 0 radical (unpaired) electrons. The summed E-state index contributed by atoms with van der Waals surface area (Å²) in [7, 11) is 0. The molecule has 0 aromatic carbocycles. The average Bonchev–Trinajstić information content (AvgIpc) is 2.37. The molecule has 0 spiro atoms. The molecule has 1 unspecified atom stereocenters. The maximum absolute atomic E-state index is 5.17. The van der Waals surface area contributed by atoms with Crippen molar-refractivity contribution in [2.45, 2.75) is 26.2 Å². The summed E-state index contributed by atoms with van der Waals surface area (Å²) in [6.45, 7) is 6.09. The second-order valence-corrected chi connectivity index (χ2v) is 3.50. The van der Waals surface area contributed by atoms with E-state index >= 15 is 0 Å². The van der Waals surface area contributed by atoms with Crippen LogP contribution < -0.4 is 0 Å². The summed E-state index contributed by atoms with van der Waals surface area (Å²) in [6.07, 6.45) is 8.65. The van der Waals surface area contributed by atoms with Crippen LogP contribution in [0.5, 0.6) is 0 Å². The molecule has 1 nitrogen and oxygen atoms in total. The molecule has 0 bridgehead atoms. The zero-order valence-electron chi connectivity index (χ0n) is 7.34. The Balaban J connectivity index is 2.05. The molecule has 0 amide bonds. The van der Waals surface area contributed by atoms with E-state index in [2.05, 4.69) is 17.7 Å². The van der Waals surface area contributed by atoms with E-state index in [4.69, 9.17) is 6.42 Å². The predicted octanol–water partition coefficient (Wildman–Crippen LogP) is 1.74. The molecule has 62 valence electrons. The number of nitrogens with zero attached hydrogens (tertiary/aromatic N) is 1. The first-order valence-electron chi connectivity index (χ1n) is 4.48. The number of terminal acetylenes is 1. The minimum Gasteiger partial charge on any atom is -0.303 e. The summed E-state index contributed by atoms with van der Waals surface area (Å²) in [5.74, 6) is 3.58. The third-order valence-electron chi connectivity index (χ3n) is 2.30. The lowest BCUT2D eigenvalue weighted by Crippen LogP contribution is -2.21. The Bertz CT molecular complexity index is 145. The van der Waals surface area contributed by atoms with Crippen molar-refractivity contribution in [3.05, 3.63) is 0 Å². The lowest BCUT2D eigenvalue weighted by Gasteiger charge is -2.13. The molecule has 0 aromatic rings. The molecule has 1 aliphatic heterocycles. The van der Waals surface area contributed by atoms with E-state index in [-0.39, 0.29) is 0 Å². The fourth-order valence-corrected chi connectivity index (χ4v) is 1.63. The van der Waals surface area contributed by atoms with E-state index in [0.717, 1.165) is 12.3 Å². The summed E-state index contributed by atoms with van der Waals surface area (Å²) in [6, 6.07) is 0. The molecule has 1 atom stereocenters. The van der Waals surface area contributed by atoms with Crippen molar-refractivity contribution in [1.29, 1.82) is 0 Å². The van der Waals surface area contributed by atoms with E-state index in [1.54, 1.807) is 0 Å². The van der Waals surface area contributed by atoms with Crippen molar-refractivity contribution in [3.63, 3.8) is 0 Å². The van der Waals surface area contributed by atoms with Crippen LogP contribution in [-0.2, 0) is 0 Å². The Labute approximate surface area is 69.8 Å². The maximum Gasteiger partial charge on any atom is 0.00982 e. The van der Waals surface area contributed by atoms with Crippen molar-refractivity contribution in [2.24, 2.45) is 5.92 Å². The van der Waals surface area contributed by atoms with Crippen LogP contribution in [0.2, 0.25) is 0 Å². The summed E-state index contributed by atoms with van der Waals surface area (Å²) in [5, 5.41) is 0. The highest BCUT2D eigenvalue weighted by molar-refractivity contribution is 4.84. The van der Waals surface area contributed by atoms with Gasteiger partial charge in [-0.3, -0.25) is 0 Å². The summed E-state index contributed by atoms with van der Waals surface area (Å²) >= 11 is 0. The van der Waals surface area contributed by atoms with Crippen LogP contribution in [0.25, 0.3) is 0 Å². The Morgan fingerprint density at radius 1 is 1.64 bits per heavy atom. The minimum atomic E-state index is 0.904. The number of unbranched alkanes of at least 4 members (excludes halogenated alkanes) is 1. The van der Waals surface area contributed by atoms with Gasteiger partial charge < -0.3 is 4.90 Å². The average molecular weight is 151 g/mol. The number of rotatable bonds is 3. The van der Waals surface area contributed by atoms with E-state index < -0.39 is 0 Å². The van der Waals surface area contributed by atoms with E-state index in [9.17, 15) is 0 Å². The minimum absolute atomic E-state index is 0.904. The van der Waals surface area contributed by atoms with Gasteiger partial charge in [-0.05, 0) is 31.8 Å². The lowest BCUT2D eigenvalue weighted by molar-refractivity contribution is 0.325. The van der Waals surface area contributed by atoms with Gasteiger partial charge >= 0.3 is 0 Å². The van der Waals surface area contributed by atoms with Gasteiger partial charge in [0.1, 0.15) is 0 Å². The maximum atomic E-state index is 5.17. The van der Waals surface area contributed by atoms with Gasteiger partial charge in [-0.25, -0.2) is 0 Å². The molecule has 1 fully saturated rings. The van der Waals surface area contributed by atoms with E-state index in [0.29, 0.717) is 0 Å². The second kappa shape index (κ2) is 4.41. The van der Waals surface area contributed by atoms with Crippen LogP contribution in [-0.4, -0.2) is 24.5 Å². The zero-order chi connectivity index (χ0) is 8.10. The van der Waals surface area contributed by atoms with Gasteiger partial charge in [-0.2, -0.15) is 0 Å². The topological polar surface area (TPSA) is 3.24 Å². The van der Waals surface area contributed by atoms with Crippen molar-refractivity contribution in [2.75, 3.05) is 19.6 Å². The molecule has 0 aliphatic carbocycles. The fourth-order valence-electron chi connectivity index (χ4n) is 1.63. The standard InChI is InChI=1S/C10H17N/c1-3-4-5-7-11-8-6-10(2)9-11/h1,10H,4-9H2,2H3. The highest BCUT2D eigenvalue weighted by Crippen LogP contribution is 2.14.